The third-order valence-corrected chi connectivity index (χ3v) is 3.89. The Morgan fingerprint density at radius 1 is 1.17 bits per heavy atom. The van der Waals surface area contributed by atoms with Gasteiger partial charge in [0.15, 0.2) is 11.5 Å². The predicted octanol–water partition coefficient (Wildman–Crippen LogP) is 2.91. The number of carbonyl (C=O) groups excluding carboxylic acids is 2. The Morgan fingerprint density at radius 2 is 1.90 bits per heavy atom. The molecule has 7 nitrogen and oxygen atoms in total. The van der Waals surface area contributed by atoms with Gasteiger partial charge in [0.25, 0.3) is 5.91 Å². The first-order valence-corrected chi connectivity index (χ1v) is 8.31. The first-order valence-electron chi connectivity index (χ1n) is 8.31. The second kappa shape index (κ2) is 7.74. The quantitative estimate of drug-likeness (QED) is 0.637. The summed E-state index contributed by atoms with van der Waals surface area (Å²) in [7, 11) is 1.59. The van der Waals surface area contributed by atoms with Crippen molar-refractivity contribution in [2.75, 3.05) is 0 Å². The van der Waals surface area contributed by atoms with Crippen molar-refractivity contribution in [2.45, 2.75) is 12.8 Å². The Hall–Kier alpha value is -3.69. The molecule has 0 saturated heterocycles. The van der Waals surface area contributed by atoms with E-state index in [1.165, 1.54) is 35.1 Å². The van der Waals surface area contributed by atoms with E-state index in [0.29, 0.717) is 16.8 Å². The maximum absolute atomic E-state index is 12.6. The van der Waals surface area contributed by atoms with E-state index in [2.05, 4.69) is 14.8 Å². The summed E-state index contributed by atoms with van der Waals surface area (Å²) in [6.45, 7) is 0. The molecular weight excluding hydrogens is 389 g/mol. The summed E-state index contributed by atoms with van der Waals surface area (Å²) in [5.74, 6) is -1.54. The number of halogens is 3. The fourth-order valence-electron chi connectivity index (χ4n) is 2.74. The molecule has 1 aromatic carbocycles. The summed E-state index contributed by atoms with van der Waals surface area (Å²) in [6.07, 6.45) is -3.45. The average molecular weight is 404 g/mol. The molecule has 3 rings (SSSR count). The third-order valence-electron chi connectivity index (χ3n) is 3.89. The number of aryl methyl sites for hydroxylation is 1. The lowest BCUT2D eigenvalue weighted by atomic mass is 10.1. The van der Waals surface area contributed by atoms with Crippen molar-refractivity contribution in [3.63, 3.8) is 0 Å². The van der Waals surface area contributed by atoms with Gasteiger partial charge < -0.3 is 10.5 Å². The van der Waals surface area contributed by atoms with Gasteiger partial charge in [-0.1, -0.05) is 18.2 Å². The molecule has 0 spiro atoms. The van der Waals surface area contributed by atoms with Crippen LogP contribution in [0.2, 0.25) is 0 Å². The molecular formula is C19H15F3N4O3. The number of rotatable bonds is 6. The van der Waals surface area contributed by atoms with Crippen LogP contribution < -0.4 is 10.5 Å². The number of hydrogen-bond donors (Lipinski definition) is 1. The first-order chi connectivity index (χ1) is 13.6. The Balaban J connectivity index is 1.86. The van der Waals surface area contributed by atoms with Gasteiger partial charge in [0.2, 0.25) is 0 Å². The summed E-state index contributed by atoms with van der Waals surface area (Å²) >= 11 is 0. The average Bonchev–Trinajstić information content (AvgIpc) is 3.01. The zero-order valence-electron chi connectivity index (χ0n) is 15.1. The molecule has 0 fully saturated rings. The summed E-state index contributed by atoms with van der Waals surface area (Å²) in [6, 6.07) is 9.87. The van der Waals surface area contributed by atoms with E-state index >= 15 is 0 Å². The van der Waals surface area contributed by atoms with E-state index in [1.807, 2.05) is 0 Å². The van der Waals surface area contributed by atoms with E-state index in [4.69, 9.17) is 5.73 Å². The van der Waals surface area contributed by atoms with Crippen molar-refractivity contribution in [3.05, 3.63) is 65.6 Å². The van der Waals surface area contributed by atoms with Crippen molar-refractivity contribution in [1.29, 1.82) is 0 Å². The van der Waals surface area contributed by atoms with Gasteiger partial charge in [0.1, 0.15) is 11.4 Å². The topological polar surface area (TPSA) is 100 Å². The highest BCUT2D eigenvalue weighted by Crippen LogP contribution is 2.27. The fourth-order valence-corrected chi connectivity index (χ4v) is 2.74. The van der Waals surface area contributed by atoms with Gasteiger partial charge in [0, 0.05) is 30.8 Å². The van der Waals surface area contributed by atoms with Crippen molar-refractivity contribution in [2.24, 2.45) is 12.8 Å². The second-order valence-corrected chi connectivity index (χ2v) is 6.12. The van der Waals surface area contributed by atoms with Crippen LogP contribution in [0.15, 0.2) is 48.7 Å². The molecule has 10 heteroatoms. The molecule has 3 aromatic rings. The fraction of sp³-hybridized carbons (Fsp3) is 0.158. The standard InChI is InChI=1S/C19H15F3N4O3/c1-26-10-12(17(25-26)18(23)28)9-16(27)15-7-3-6-14(24-15)11-4-2-5-13(8-11)29-19(20,21)22/h2-8,10H,9H2,1H3,(H2,23,28). The van der Waals surface area contributed by atoms with E-state index in [0.717, 1.165) is 0 Å². The van der Waals surface area contributed by atoms with Crippen LogP contribution in [0.5, 0.6) is 5.75 Å². The lowest BCUT2D eigenvalue weighted by molar-refractivity contribution is -0.274. The Morgan fingerprint density at radius 3 is 2.59 bits per heavy atom. The van der Waals surface area contributed by atoms with Gasteiger partial charge in [-0.05, 0) is 24.3 Å². The minimum absolute atomic E-state index is 0.00555. The Labute approximate surface area is 162 Å². The number of pyridine rings is 1. The first kappa shape index (κ1) is 20.1. The van der Waals surface area contributed by atoms with Crippen molar-refractivity contribution in [3.8, 4) is 17.0 Å². The highest BCUT2D eigenvalue weighted by atomic mass is 19.4. The molecule has 1 amide bonds. The number of ketones is 1. The van der Waals surface area contributed by atoms with Crippen LogP contribution in [0.1, 0.15) is 26.5 Å². The van der Waals surface area contributed by atoms with Gasteiger partial charge in [-0.2, -0.15) is 5.10 Å². The SMILES string of the molecule is Cn1cc(CC(=O)c2cccc(-c3cccc(OC(F)(F)F)c3)n2)c(C(N)=O)n1. The molecule has 2 aromatic heterocycles. The van der Waals surface area contributed by atoms with Gasteiger partial charge in [0.05, 0.1) is 5.69 Å². The molecule has 29 heavy (non-hydrogen) atoms. The van der Waals surface area contributed by atoms with Crippen molar-refractivity contribution in [1.82, 2.24) is 14.8 Å². The lowest BCUT2D eigenvalue weighted by Crippen LogP contribution is -2.17. The number of carbonyl (C=O) groups is 2. The lowest BCUT2D eigenvalue weighted by Gasteiger charge is -2.10. The largest absolute Gasteiger partial charge is 0.573 e. The number of hydrogen-bond acceptors (Lipinski definition) is 5. The number of nitrogens with two attached hydrogens (primary N) is 1. The third kappa shape index (κ3) is 4.98. The number of benzene rings is 1. The zero-order valence-corrected chi connectivity index (χ0v) is 15.1. The summed E-state index contributed by atoms with van der Waals surface area (Å²) in [5, 5.41) is 3.92. The van der Waals surface area contributed by atoms with Crippen LogP contribution in [0, 0.1) is 0 Å². The predicted molar refractivity (Wildman–Crippen MR) is 96.1 cm³/mol. The van der Waals surface area contributed by atoms with Gasteiger partial charge in [-0.3, -0.25) is 14.3 Å². The number of nitrogens with zero attached hydrogens (tertiary/aromatic N) is 3. The number of Topliss-reactive ketones (excluding diaryl/α,β-unsaturated/α-hetero) is 1. The van der Waals surface area contributed by atoms with Gasteiger partial charge in [-0.25, -0.2) is 4.98 Å². The summed E-state index contributed by atoms with van der Waals surface area (Å²) in [4.78, 5) is 28.3. The smallest absolute Gasteiger partial charge is 0.406 e. The van der Waals surface area contributed by atoms with E-state index in [9.17, 15) is 22.8 Å². The molecule has 0 radical (unpaired) electrons. The highest BCUT2D eigenvalue weighted by Gasteiger charge is 2.31. The molecule has 150 valence electrons. The van der Waals surface area contributed by atoms with E-state index in [1.54, 1.807) is 25.2 Å². The number of ether oxygens (including phenoxy) is 1. The Kier molecular flexibility index (Phi) is 5.35. The van der Waals surface area contributed by atoms with Crippen LogP contribution in [-0.2, 0) is 13.5 Å². The summed E-state index contributed by atoms with van der Waals surface area (Å²) in [5.41, 5.74) is 6.35. The second-order valence-electron chi connectivity index (χ2n) is 6.12. The maximum Gasteiger partial charge on any atom is 0.573 e. The monoisotopic (exact) mass is 404 g/mol. The minimum Gasteiger partial charge on any atom is -0.406 e. The molecule has 0 aliphatic rings. The van der Waals surface area contributed by atoms with Gasteiger partial charge >= 0.3 is 6.36 Å². The van der Waals surface area contributed by atoms with E-state index in [-0.39, 0.29) is 17.8 Å². The molecule has 2 N–H and O–H groups in total. The molecule has 2 heterocycles. The maximum atomic E-state index is 12.6. The summed E-state index contributed by atoms with van der Waals surface area (Å²) < 4.78 is 42.5. The van der Waals surface area contributed by atoms with Crippen LogP contribution in [0.25, 0.3) is 11.3 Å². The molecule has 0 atom stereocenters. The minimum atomic E-state index is -4.81. The molecule has 0 unspecified atom stereocenters. The zero-order chi connectivity index (χ0) is 21.2. The van der Waals surface area contributed by atoms with Crippen LogP contribution in [-0.4, -0.2) is 32.8 Å². The van der Waals surface area contributed by atoms with Crippen LogP contribution in [0.4, 0.5) is 13.2 Å². The number of amides is 1. The molecule has 0 aliphatic heterocycles. The number of alkyl halides is 3. The molecule has 0 bridgehead atoms. The molecule has 0 saturated carbocycles. The Bertz CT molecular complexity index is 1080. The van der Waals surface area contributed by atoms with E-state index < -0.39 is 23.8 Å². The van der Waals surface area contributed by atoms with Crippen LogP contribution >= 0.6 is 0 Å². The van der Waals surface area contributed by atoms with Crippen LogP contribution in [0.3, 0.4) is 0 Å². The van der Waals surface area contributed by atoms with Crippen molar-refractivity contribution >= 4 is 11.7 Å². The molecule has 0 aliphatic carbocycles. The normalized spacial score (nSPS) is 11.3. The van der Waals surface area contributed by atoms with Gasteiger partial charge in [-0.15, -0.1) is 13.2 Å². The number of primary amides is 1. The van der Waals surface area contributed by atoms with Crippen molar-refractivity contribution < 1.29 is 27.5 Å². The highest BCUT2D eigenvalue weighted by molar-refractivity contribution is 5.99. The number of aromatic nitrogens is 3.